The quantitative estimate of drug-likeness (QED) is 0.579. The average Bonchev–Trinajstić information content (AvgIpc) is 1.83. The predicted octanol–water partition coefficient (Wildman–Crippen LogP) is -0.940. The Labute approximate surface area is 72.7 Å². The van der Waals surface area contributed by atoms with E-state index in [9.17, 15) is 10.2 Å². The number of likely N-dealkylation sites (tertiary alicyclic amines) is 1. The molecule has 12 heavy (non-hydrogen) atoms. The number of nitrogens with zero attached hydrogens (tertiary/aromatic N) is 1. The fourth-order valence-corrected chi connectivity index (χ4v) is 1.59. The van der Waals surface area contributed by atoms with E-state index in [1.165, 1.54) is 0 Å². The maximum Gasteiger partial charge on any atom is 0.0900 e. The first-order valence-corrected chi connectivity index (χ1v) is 4.15. The number of hydrogen-bond donors (Lipinski definition) is 2. The maximum absolute atomic E-state index is 9.37. The zero-order valence-corrected chi connectivity index (χ0v) is 7.66. The molecule has 1 heterocycles. The van der Waals surface area contributed by atoms with E-state index in [-0.39, 0.29) is 0 Å². The first kappa shape index (κ1) is 9.92. The molecule has 0 saturated carbocycles. The van der Waals surface area contributed by atoms with Gasteiger partial charge in [-0.3, -0.25) is 4.90 Å². The summed E-state index contributed by atoms with van der Waals surface area (Å²) in [4.78, 5) is 2.00. The lowest BCUT2D eigenvalue weighted by Gasteiger charge is -2.44. The molecule has 0 amide bonds. The van der Waals surface area contributed by atoms with Crippen LogP contribution in [0.25, 0.3) is 0 Å². The van der Waals surface area contributed by atoms with E-state index < -0.39 is 11.7 Å². The second-order valence-electron chi connectivity index (χ2n) is 3.78. The highest BCUT2D eigenvalue weighted by molar-refractivity contribution is 4.91. The van der Waals surface area contributed by atoms with Gasteiger partial charge < -0.3 is 14.9 Å². The van der Waals surface area contributed by atoms with Gasteiger partial charge in [-0.2, -0.15) is 0 Å². The fourth-order valence-electron chi connectivity index (χ4n) is 1.59. The number of ether oxygens (including phenoxy) is 1. The number of β-amino-alcohol motifs (C(OH)–C–C–N with tert-alkyl or cyclic N) is 2. The summed E-state index contributed by atoms with van der Waals surface area (Å²) in [5, 5.41) is 18.7. The first-order chi connectivity index (χ1) is 5.53. The van der Waals surface area contributed by atoms with E-state index in [0.717, 1.165) is 0 Å². The molecule has 0 aromatic heterocycles. The van der Waals surface area contributed by atoms with Crippen molar-refractivity contribution in [2.24, 2.45) is 0 Å². The van der Waals surface area contributed by atoms with Crippen molar-refractivity contribution in [2.75, 3.05) is 33.4 Å². The Hall–Kier alpha value is -0.160. The van der Waals surface area contributed by atoms with Crippen LogP contribution in [0.15, 0.2) is 0 Å². The molecule has 1 unspecified atom stereocenters. The van der Waals surface area contributed by atoms with Gasteiger partial charge in [-0.05, 0) is 6.92 Å². The average molecular weight is 175 g/mol. The van der Waals surface area contributed by atoms with Gasteiger partial charge in [0.2, 0.25) is 0 Å². The Morgan fingerprint density at radius 1 is 1.58 bits per heavy atom. The van der Waals surface area contributed by atoms with Crippen molar-refractivity contribution in [2.45, 2.75) is 18.6 Å². The van der Waals surface area contributed by atoms with Gasteiger partial charge in [-0.1, -0.05) is 0 Å². The van der Waals surface area contributed by atoms with Crippen LogP contribution in [0.3, 0.4) is 0 Å². The summed E-state index contributed by atoms with van der Waals surface area (Å²) in [6, 6.07) is 0. The lowest BCUT2D eigenvalue weighted by molar-refractivity contribution is -0.1000. The third-order valence-corrected chi connectivity index (χ3v) is 1.96. The van der Waals surface area contributed by atoms with Crippen LogP contribution in [0.5, 0.6) is 0 Å². The minimum atomic E-state index is -0.549. The summed E-state index contributed by atoms with van der Waals surface area (Å²) in [7, 11) is 1.56. The molecule has 4 heteroatoms. The Morgan fingerprint density at radius 2 is 2.17 bits per heavy atom. The van der Waals surface area contributed by atoms with Gasteiger partial charge in [0.25, 0.3) is 0 Å². The summed E-state index contributed by atoms with van der Waals surface area (Å²) in [6.07, 6.45) is -0.439. The number of rotatable bonds is 4. The Bertz CT molecular complexity index is 141. The lowest BCUT2D eigenvalue weighted by Crippen LogP contribution is -2.61. The minimum absolute atomic E-state index is 0.360. The van der Waals surface area contributed by atoms with Crippen molar-refractivity contribution in [1.29, 1.82) is 0 Å². The second-order valence-corrected chi connectivity index (χ2v) is 3.78. The molecule has 0 aliphatic carbocycles. The molecule has 72 valence electrons. The topological polar surface area (TPSA) is 52.9 Å². The molecule has 1 fully saturated rings. The van der Waals surface area contributed by atoms with E-state index in [1.807, 2.05) is 4.90 Å². The van der Waals surface area contributed by atoms with Crippen molar-refractivity contribution in [3.05, 3.63) is 0 Å². The molecule has 0 spiro atoms. The molecule has 1 aliphatic rings. The summed E-state index contributed by atoms with van der Waals surface area (Å²) >= 11 is 0. The van der Waals surface area contributed by atoms with Crippen molar-refractivity contribution in [3.8, 4) is 0 Å². The van der Waals surface area contributed by atoms with Crippen molar-refractivity contribution in [1.82, 2.24) is 4.90 Å². The van der Waals surface area contributed by atoms with E-state index in [4.69, 9.17) is 4.74 Å². The van der Waals surface area contributed by atoms with Gasteiger partial charge >= 0.3 is 0 Å². The highest BCUT2D eigenvalue weighted by Gasteiger charge is 2.36. The summed E-state index contributed by atoms with van der Waals surface area (Å²) in [5.41, 5.74) is -0.549. The number of aliphatic hydroxyl groups excluding tert-OH is 1. The van der Waals surface area contributed by atoms with E-state index >= 15 is 0 Å². The third-order valence-electron chi connectivity index (χ3n) is 1.96. The Morgan fingerprint density at radius 3 is 2.58 bits per heavy atom. The lowest BCUT2D eigenvalue weighted by atomic mass is 9.97. The predicted molar refractivity (Wildman–Crippen MR) is 44.9 cm³/mol. The van der Waals surface area contributed by atoms with Gasteiger partial charge in [-0.25, -0.2) is 0 Å². The van der Waals surface area contributed by atoms with Crippen molar-refractivity contribution < 1.29 is 14.9 Å². The van der Waals surface area contributed by atoms with Crippen LogP contribution < -0.4 is 0 Å². The minimum Gasteiger partial charge on any atom is -0.389 e. The van der Waals surface area contributed by atoms with Crippen molar-refractivity contribution in [3.63, 3.8) is 0 Å². The molecule has 1 saturated heterocycles. The molecule has 0 aromatic rings. The number of aliphatic hydroxyl groups is 2. The number of methoxy groups -OCH3 is 1. The fraction of sp³-hybridized carbons (Fsp3) is 1.00. The van der Waals surface area contributed by atoms with Gasteiger partial charge in [0.1, 0.15) is 0 Å². The van der Waals surface area contributed by atoms with Gasteiger partial charge in [0.05, 0.1) is 18.3 Å². The molecular weight excluding hydrogens is 158 g/mol. The zero-order valence-electron chi connectivity index (χ0n) is 7.66. The summed E-state index contributed by atoms with van der Waals surface area (Å²) in [6.45, 7) is 4.04. The van der Waals surface area contributed by atoms with Crippen LogP contribution in [-0.2, 0) is 4.74 Å². The summed E-state index contributed by atoms with van der Waals surface area (Å²) in [5.74, 6) is 0. The van der Waals surface area contributed by atoms with Crippen LogP contribution in [0.2, 0.25) is 0 Å². The van der Waals surface area contributed by atoms with Crippen molar-refractivity contribution >= 4 is 0 Å². The Kier molecular flexibility index (Phi) is 3.06. The normalized spacial score (nSPS) is 25.0. The molecule has 0 bridgehead atoms. The molecule has 0 radical (unpaired) electrons. The first-order valence-electron chi connectivity index (χ1n) is 4.15. The SMILES string of the molecule is COCC(O)CN1CC(C)(O)C1. The molecule has 1 atom stereocenters. The standard InChI is InChI=1S/C8H17NO3/c1-8(11)5-9(6-8)3-7(10)4-12-2/h7,10-11H,3-6H2,1-2H3. The van der Waals surface area contributed by atoms with Crippen LogP contribution >= 0.6 is 0 Å². The number of hydrogen-bond acceptors (Lipinski definition) is 4. The zero-order chi connectivity index (χ0) is 9.19. The maximum atomic E-state index is 9.37. The van der Waals surface area contributed by atoms with Crippen LogP contribution in [-0.4, -0.2) is 60.2 Å². The highest BCUT2D eigenvalue weighted by atomic mass is 16.5. The molecular formula is C8H17NO3. The van der Waals surface area contributed by atoms with E-state index in [1.54, 1.807) is 14.0 Å². The monoisotopic (exact) mass is 175 g/mol. The van der Waals surface area contributed by atoms with Gasteiger partial charge in [0, 0.05) is 26.7 Å². The molecule has 2 N–H and O–H groups in total. The van der Waals surface area contributed by atoms with Gasteiger partial charge in [0.15, 0.2) is 0 Å². The van der Waals surface area contributed by atoms with E-state index in [0.29, 0.717) is 26.2 Å². The van der Waals surface area contributed by atoms with Crippen LogP contribution in [0.4, 0.5) is 0 Å². The molecule has 0 aromatic carbocycles. The van der Waals surface area contributed by atoms with Crippen LogP contribution in [0.1, 0.15) is 6.92 Å². The van der Waals surface area contributed by atoms with Crippen LogP contribution in [0, 0.1) is 0 Å². The largest absolute Gasteiger partial charge is 0.389 e. The smallest absolute Gasteiger partial charge is 0.0900 e. The van der Waals surface area contributed by atoms with E-state index in [2.05, 4.69) is 0 Å². The molecule has 4 nitrogen and oxygen atoms in total. The molecule has 1 rings (SSSR count). The highest BCUT2D eigenvalue weighted by Crippen LogP contribution is 2.19. The van der Waals surface area contributed by atoms with Gasteiger partial charge in [-0.15, -0.1) is 0 Å². The Balaban J connectivity index is 2.10. The second kappa shape index (κ2) is 3.70. The third kappa shape index (κ3) is 2.71. The molecule has 1 aliphatic heterocycles. The summed E-state index contributed by atoms with van der Waals surface area (Å²) < 4.78 is 4.79.